The Balaban J connectivity index is 0.00000242. The van der Waals surface area contributed by atoms with Crippen LogP contribution in [0, 0.1) is 5.92 Å². The van der Waals surface area contributed by atoms with Gasteiger partial charge in [0.1, 0.15) is 0 Å². The van der Waals surface area contributed by atoms with Gasteiger partial charge in [-0.2, -0.15) is 0 Å². The van der Waals surface area contributed by atoms with E-state index in [2.05, 4.69) is 22.9 Å². The highest BCUT2D eigenvalue weighted by Gasteiger charge is 2.23. The quantitative estimate of drug-likeness (QED) is 0.794. The average Bonchev–Trinajstić information content (AvgIpc) is 2.49. The second-order valence-electron chi connectivity index (χ2n) is 5.53. The van der Waals surface area contributed by atoms with Gasteiger partial charge in [-0.05, 0) is 43.6 Å². The van der Waals surface area contributed by atoms with Crippen molar-refractivity contribution in [1.29, 1.82) is 0 Å². The van der Waals surface area contributed by atoms with Crippen molar-refractivity contribution in [2.24, 2.45) is 5.92 Å². The van der Waals surface area contributed by atoms with E-state index in [9.17, 15) is 9.59 Å². The molecule has 1 aromatic rings. The second kappa shape index (κ2) is 8.76. The molecule has 1 fully saturated rings. The number of hydrogen-bond acceptors (Lipinski definition) is 3. The van der Waals surface area contributed by atoms with Gasteiger partial charge in [-0.1, -0.05) is 19.9 Å². The van der Waals surface area contributed by atoms with E-state index >= 15 is 0 Å². The number of amides is 2. The maximum Gasteiger partial charge on any atom is 0.251 e. The van der Waals surface area contributed by atoms with Crippen molar-refractivity contribution in [1.82, 2.24) is 10.6 Å². The third-order valence-corrected chi connectivity index (χ3v) is 3.83. The van der Waals surface area contributed by atoms with E-state index in [0.717, 1.165) is 19.5 Å². The first-order chi connectivity index (χ1) is 10.1. The summed E-state index contributed by atoms with van der Waals surface area (Å²) in [7, 11) is 0. The lowest BCUT2D eigenvalue weighted by molar-refractivity contribution is -0.115. The fourth-order valence-electron chi connectivity index (χ4n) is 2.47. The molecule has 22 heavy (non-hydrogen) atoms. The normalized spacial score (nSPS) is 20.6. The van der Waals surface area contributed by atoms with Crippen LogP contribution in [-0.4, -0.2) is 30.9 Å². The van der Waals surface area contributed by atoms with E-state index in [4.69, 9.17) is 0 Å². The van der Waals surface area contributed by atoms with Crippen molar-refractivity contribution in [3.05, 3.63) is 29.8 Å². The lowest BCUT2D eigenvalue weighted by Gasteiger charge is -2.30. The van der Waals surface area contributed by atoms with E-state index in [1.807, 2.05) is 0 Å². The summed E-state index contributed by atoms with van der Waals surface area (Å²) >= 11 is 0. The largest absolute Gasteiger partial charge is 0.349 e. The van der Waals surface area contributed by atoms with Crippen molar-refractivity contribution in [3.8, 4) is 0 Å². The van der Waals surface area contributed by atoms with Crippen LogP contribution < -0.4 is 16.0 Å². The Morgan fingerprint density at radius 1 is 1.36 bits per heavy atom. The minimum Gasteiger partial charge on any atom is -0.349 e. The summed E-state index contributed by atoms with van der Waals surface area (Å²) in [5.74, 6) is 0.284. The number of hydrogen-bond donors (Lipinski definition) is 3. The molecule has 2 amide bonds. The molecule has 0 radical (unpaired) electrons. The predicted molar refractivity (Wildman–Crippen MR) is 90.5 cm³/mol. The van der Waals surface area contributed by atoms with Crippen LogP contribution in [-0.2, 0) is 4.79 Å². The summed E-state index contributed by atoms with van der Waals surface area (Å²) in [6.45, 7) is 5.79. The van der Waals surface area contributed by atoms with Crippen molar-refractivity contribution >= 4 is 29.9 Å². The van der Waals surface area contributed by atoms with Gasteiger partial charge in [-0.25, -0.2) is 0 Å². The Morgan fingerprint density at radius 3 is 2.82 bits per heavy atom. The highest BCUT2D eigenvalue weighted by molar-refractivity contribution is 5.97. The fraction of sp³-hybridized carbons (Fsp3) is 0.500. The number of benzene rings is 1. The number of halogens is 1. The van der Waals surface area contributed by atoms with Crippen LogP contribution in [0.3, 0.4) is 0 Å². The summed E-state index contributed by atoms with van der Waals surface area (Å²) in [6.07, 6.45) is 1.36. The van der Waals surface area contributed by atoms with Gasteiger partial charge in [0.25, 0.3) is 5.91 Å². The van der Waals surface area contributed by atoms with Crippen LogP contribution in [0.25, 0.3) is 0 Å². The smallest absolute Gasteiger partial charge is 0.251 e. The number of nitrogens with one attached hydrogen (secondary N) is 3. The van der Waals surface area contributed by atoms with Crippen molar-refractivity contribution in [2.75, 3.05) is 18.4 Å². The molecule has 1 heterocycles. The monoisotopic (exact) mass is 325 g/mol. The minimum atomic E-state index is -0.0821. The van der Waals surface area contributed by atoms with Crippen molar-refractivity contribution in [3.63, 3.8) is 0 Å². The second-order valence-corrected chi connectivity index (χ2v) is 5.53. The minimum absolute atomic E-state index is 0. The molecule has 1 saturated heterocycles. The number of rotatable bonds is 4. The van der Waals surface area contributed by atoms with Crippen LogP contribution >= 0.6 is 12.4 Å². The zero-order valence-electron chi connectivity index (χ0n) is 13.0. The molecular weight excluding hydrogens is 302 g/mol. The summed E-state index contributed by atoms with van der Waals surface area (Å²) in [5, 5.41) is 9.17. The molecule has 2 unspecified atom stereocenters. The van der Waals surface area contributed by atoms with Crippen molar-refractivity contribution < 1.29 is 9.59 Å². The first-order valence-electron chi connectivity index (χ1n) is 7.51. The number of piperidine rings is 1. The standard InChI is InChI=1S/C16H23N3O2.ClH/c1-3-15(20)18-13-6-4-5-12(9-13)16(21)19-14-7-8-17-10-11(14)2;/h4-6,9,11,14,17H,3,7-8,10H2,1-2H3,(H,18,20)(H,19,21);1H. The first-order valence-corrected chi connectivity index (χ1v) is 7.51. The summed E-state index contributed by atoms with van der Waals surface area (Å²) < 4.78 is 0. The maximum atomic E-state index is 12.3. The number of carbonyl (C=O) groups is 2. The van der Waals surface area contributed by atoms with Crippen LogP contribution in [0.2, 0.25) is 0 Å². The van der Waals surface area contributed by atoms with Crippen LogP contribution in [0.1, 0.15) is 37.0 Å². The molecule has 0 aliphatic carbocycles. The molecule has 0 saturated carbocycles. The predicted octanol–water partition coefficient (Wildman–Crippen LogP) is 2.18. The molecule has 6 heteroatoms. The lowest BCUT2D eigenvalue weighted by atomic mass is 9.95. The van der Waals surface area contributed by atoms with Gasteiger partial charge < -0.3 is 16.0 Å². The molecule has 2 rings (SSSR count). The van der Waals surface area contributed by atoms with Crippen molar-refractivity contribution in [2.45, 2.75) is 32.7 Å². The number of anilines is 1. The molecule has 2 atom stereocenters. The summed E-state index contributed by atoms with van der Waals surface area (Å²) in [6, 6.07) is 7.26. The molecule has 0 spiro atoms. The SMILES string of the molecule is CCC(=O)Nc1cccc(C(=O)NC2CCNCC2C)c1.Cl. The third kappa shape index (κ3) is 5.00. The first kappa shape index (κ1) is 18.5. The van der Waals surface area contributed by atoms with Crippen LogP contribution in [0.15, 0.2) is 24.3 Å². The molecule has 5 nitrogen and oxygen atoms in total. The summed E-state index contributed by atoms with van der Waals surface area (Å²) in [5.41, 5.74) is 1.24. The Hall–Kier alpha value is -1.59. The topological polar surface area (TPSA) is 70.2 Å². The van der Waals surface area contributed by atoms with E-state index in [1.54, 1.807) is 31.2 Å². The molecule has 3 N–H and O–H groups in total. The molecule has 0 aromatic heterocycles. The molecular formula is C16H24ClN3O2. The van der Waals surface area contributed by atoms with Crippen LogP contribution in [0.4, 0.5) is 5.69 Å². The van der Waals surface area contributed by atoms with Gasteiger partial charge in [-0.15, -0.1) is 12.4 Å². The van der Waals surface area contributed by atoms with E-state index in [1.165, 1.54) is 0 Å². The van der Waals surface area contributed by atoms with Gasteiger partial charge in [0.2, 0.25) is 5.91 Å². The summed E-state index contributed by atoms with van der Waals surface area (Å²) in [4.78, 5) is 23.7. The van der Waals surface area contributed by atoms with Gasteiger partial charge in [-0.3, -0.25) is 9.59 Å². The van der Waals surface area contributed by atoms with Gasteiger partial charge >= 0.3 is 0 Å². The molecule has 1 aromatic carbocycles. The Morgan fingerprint density at radius 2 is 2.14 bits per heavy atom. The zero-order chi connectivity index (χ0) is 15.2. The fourth-order valence-corrected chi connectivity index (χ4v) is 2.47. The lowest BCUT2D eigenvalue weighted by Crippen LogP contribution is -2.48. The third-order valence-electron chi connectivity index (χ3n) is 3.83. The van der Waals surface area contributed by atoms with E-state index in [0.29, 0.717) is 23.6 Å². The zero-order valence-corrected chi connectivity index (χ0v) is 13.8. The Labute approximate surface area is 137 Å². The average molecular weight is 326 g/mol. The van der Waals surface area contributed by atoms with E-state index in [-0.39, 0.29) is 30.3 Å². The molecule has 1 aliphatic heterocycles. The Bertz CT molecular complexity index is 522. The highest BCUT2D eigenvalue weighted by Crippen LogP contribution is 2.14. The van der Waals surface area contributed by atoms with Gasteiger partial charge in [0.05, 0.1) is 0 Å². The highest BCUT2D eigenvalue weighted by atomic mass is 35.5. The molecule has 1 aliphatic rings. The molecule has 122 valence electrons. The molecule has 0 bridgehead atoms. The van der Waals surface area contributed by atoms with Gasteiger partial charge in [0.15, 0.2) is 0 Å². The van der Waals surface area contributed by atoms with Gasteiger partial charge in [0, 0.05) is 23.7 Å². The number of carbonyl (C=O) groups excluding carboxylic acids is 2. The maximum absolute atomic E-state index is 12.3. The van der Waals surface area contributed by atoms with Crippen LogP contribution in [0.5, 0.6) is 0 Å². The van der Waals surface area contributed by atoms with E-state index < -0.39 is 0 Å². The Kier molecular flexibility index (Phi) is 7.35.